The van der Waals surface area contributed by atoms with Gasteiger partial charge in [-0.3, -0.25) is 0 Å². The molecule has 0 unspecified atom stereocenters. The van der Waals surface area contributed by atoms with Gasteiger partial charge < -0.3 is 0 Å². The van der Waals surface area contributed by atoms with E-state index in [0.717, 1.165) is 22.7 Å². The summed E-state index contributed by atoms with van der Waals surface area (Å²) >= 11 is 0. The van der Waals surface area contributed by atoms with Crippen molar-refractivity contribution >= 4 is 0 Å². The molecule has 0 heteroatoms. The van der Waals surface area contributed by atoms with Crippen molar-refractivity contribution in [2.24, 2.45) is 22.7 Å². The standard InChI is InChI=1S/C12H20/c1-9(2)11-6-12(7-11,8-11)10-4-3-5-10/h9-10H,3-8H2,1-2H3. The largest absolute Gasteiger partial charge is 0.0622 e. The first-order valence-corrected chi connectivity index (χ1v) is 5.67. The fourth-order valence-electron chi connectivity index (χ4n) is 4.01. The summed E-state index contributed by atoms with van der Waals surface area (Å²) in [5.74, 6) is 2.12. The van der Waals surface area contributed by atoms with Crippen LogP contribution in [0.4, 0.5) is 0 Å². The van der Waals surface area contributed by atoms with Crippen LogP contribution in [0.3, 0.4) is 0 Å². The Morgan fingerprint density at radius 1 is 1.08 bits per heavy atom. The van der Waals surface area contributed by atoms with Gasteiger partial charge in [0.15, 0.2) is 0 Å². The second-order valence-electron chi connectivity index (χ2n) is 6.04. The molecule has 0 heterocycles. The summed E-state index contributed by atoms with van der Waals surface area (Å²) in [7, 11) is 0. The first-order valence-electron chi connectivity index (χ1n) is 5.67. The van der Waals surface area contributed by atoms with E-state index in [2.05, 4.69) is 13.8 Å². The van der Waals surface area contributed by atoms with E-state index >= 15 is 0 Å². The van der Waals surface area contributed by atoms with Crippen LogP contribution in [0.5, 0.6) is 0 Å². The van der Waals surface area contributed by atoms with Gasteiger partial charge in [-0.15, -0.1) is 0 Å². The zero-order valence-corrected chi connectivity index (χ0v) is 8.40. The fraction of sp³-hybridized carbons (Fsp3) is 1.00. The van der Waals surface area contributed by atoms with E-state index in [4.69, 9.17) is 0 Å². The summed E-state index contributed by atoms with van der Waals surface area (Å²) in [6, 6.07) is 0. The SMILES string of the molecule is CC(C)C12CC(C3CCC3)(C1)C2. The summed E-state index contributed by atoms with van der Waals surface area (Å²) in [4.78, 5) is 0. The molecule has 0 radical (unpaired) electrons. The van der Waals surface area contributed by atoms with Crippen LogP contribution in [0.25, 0.3) is 0 Å². The molecule has 4 fully saturated rings. The van der Waals surface area contributed by atoms with Crippen LogP contribution >= 0.6 is 0 Å². The second-order valence-corrected chi connectivity index (χ2v) is 6.04. The molecular formula is C12H20. The predicted molar refractivity (Wildman–Crippen MR) is 50.9 cm³/mol. The van der Waals surface area contributed by atoms with Gasteiger partial charge in [0, 0.05) is 0 Å². The van der Waals surface area contributed by atoms with Crippen molar-refractivity contribution in [3.8, 4) is 0 Å². The monoisotopic (exact) mass is 164 g/mol. The quantitative estimate of drug-likeness (QED) is 0.585. The third kappa shape index (κ3) is 0.625. The van der Waals surface area contributed by atoms with Crippen molar-refractivity contribution in [3.05, 3.63) is 0 Å². The van der Waals surface area contributed by atoms with Crippen molar-refractivity contribution in [1.29, 1.82) is 0 Å². The van der Waals surface area contributed by atoms with Crippen LogP contribution in [0.15, 0.2) is 0 Å². The van der Waals surface area contributed by atoms with Crippen LogP contribution in [-0.4, -0.2) is 0 Å². The molecule has 68 valence electrons. The lowest BCUT2D eigenvalue weighted by atomic mass is 9.28. The molecule has 0 aromatic heterocycles. The Balaban J connectivity index is 1.67. The average Bonchev–Trinajstić information content (AvgIpc) is 1.66. The van der Waals surface area contributed by atoms with E-state index in [9.17, 15) is 0 Å². The van der Waals surface area contributed by atoms with Gasteiger partial charge in [-0.25, -0.2) is 0 Å². The first kappa shape index (κ1) is 7.41. The summed E-state index contributed by atoms with van der Waals surface area (Å²) in [6.07, 6.45) is 9.45. The van der Waals surface area contributed by atoms with Crippen LogP contribution in [-0.2, 0) is 0 Å². The van der Waals surface area contributed by atoms with E-state index in [0.29, 0.717) is 0 Å². The molecule has 0 atom stereocenters. The van der Waals surface area contributed by atoms with Crippen molar-refractivity contribution in [3.63, 3.8) is 0 Å². The van der Waals surface area contributed by atoms with Crippen LogP contribution < -0.4 is 0 Å². The lowest BCUT2D eigenvalue weighted by Crippen LogP contribution is -2.67. The highest BCUT2D eigenvalue weighted by atomic mass is 14.8. The Labute approximate surface area is 75.7 Å². The smallest absolute Gasteiger partial charge is 0.0253 e. The van der Waals surface area contributed by atoms with Gasteiger partial charge in [0.05, 0.1) is 0 Å². The normalized spacial score (nSPS) is 51.2. The maximum absolute atomic E-state index is 2.42. The molecule has 0 amide bonds. The molecule has 0 aromatic carbocycles. The van der Waals surface area contributed by atoms with Crippen molar-refractivity contribution < 1.29 is 0 Å². The summed E-state index contributed by atoms with van der Waals surface area (Å²) in [5, 5.41) is 0. The molecule has 2 bridgehead atoms. The molecule has 4 aliphatic rings. The molecule has 4 aliphatic carbocycles. The highest BCUT2D eigenvalue weighted by Crippen LogP contribution is 2.80. The van der Waals surface area contributed by atoms with Gasteiger partial charge in [-0.1, -0.05) is 20.3 Å². The summed E-state index contributed by atoms with van der Waals surface area (Å²) < 4.78 is 0. The van der Waals surface area contributed by atoms with Gasteiger partial charge >= 0.3 is 0 Å². The topological polar surface area (TPSA) is 0 Å². The minimum atomic E-state index is 0.843. The zero-order chi connectivity index (χ0) is 8.40. The molecule has 4 saturated carbocycles. The minimum Gasteiger partial charge on any atom is -0.0622 e. The van der Waals surface area contributed by atoms with Gasteiger partial charge in [-0.05, 0) is 54.8 Å². The second kappa shape index (κ2) is 1.91. The summed E-state index contributed by atoms with van der Waals surface area (Å²) in [5.41, 5.74) is 1.75. The first-order chi connectivity index (χ1) is 5.67. The number of hydrogen-bond acceptors (Lipinski definition) is 0. The molecule has 0 aliphatic heterocycles. The van der Waals surface area contributed by atoms with E-state index in [1.807, 2.05) is 0 Å². The maximum atomic E-state index is 2.42. The van der Waals surface area contributed by atoms with Crippen molar-refractivity contribution in [1.82, 2.24) is 0 Å². The summed E-state index contributed by atoms with van der Waals surface area (Å²) in [6.45, 7) is 4.84. The Morgan fingerprint density at radius 3 is 2.00 bits per heavy atom. The van der Waals surface area contributed by atoms with Crippen molar-refractivity contribution in [2.75, 3.05) is 0 Å². The number of rotatable bonds is 2. The van der Waals surface area contributed by atoms with Crippen LogP contribution in [0.1, 0.15) is 52.4 Å². The van der Waals surface area contributed by atoms with E-state index < -0.39 is 0 Å². The lowest BCUT2D eigenvalue weighted by molar-refractivity contribution is -0.270. The number of hydrogen-bond donors (Lipinski definition) is 0. The van der Waals surface area contributed by atoms with Gasteiger partial charge in [-0.2, -0.15) is 0 Å². The molecule has 4 rings (SSSR count). The van der Waals surface area contributed by atoms with Gasteiger partial charge in [0.1, 0.15) is 0 Å². The zero-order valence-electron chi connectivity index (χ0n) is 8.40. The Morgan fingerprint density at radius 2 is 1.67 bits per heavy atom. The molecule has 12 heavy (non-hydrogen) atoms. The highest BCUT2D eigenvalue weighted by Gasteiger charge is 2.70. The van der Waals surface area contributed by atoms with E-state index in [1.165, 1.54) is 6.42 Å². The van der Waals surface area contributed by atoms with Crippen molar-refractivity contribution in [2.45, 2.75) is 52.4 Å². The van der Waals surface area contributed by atoms with Crippen LogP contribution in [0, 0.1) is 22.7 Å². The molecule has 0 saturated heterocycles. The third-order valence-corrected chi connectivity index (χ3v) is 5.31. The minimum absolute atomic E-state index is 0.843. The fourth-order valence-corrected chi connectivity index (χ4v) is 4.01. The van der Waals surface area contributed by atoms with Gasteiger partial charge in [0.2, 0.25) is 0 Å². The molecule has 0 nitrogen and oxygen atoms in total. The average molecular weight is 164 g/mol. The maximum Gasteiger partial charge on any atom is -0.0253 e. The Kier molecular flexibility index (Phi) is 1.18. The van der Waals surface area contributed by atoms with E-state index in [1.54, 1.807) is 32.1 Å². The predicted octanol–water partition coefficient (Wildman–Crippen LogP) is 3.61. The highest BCUT2D eigenvalue weighted by molar-refractivity contribution is 5.20. The molecule has 0 spiro atoms. The Bertz CT molecular complexity index is 190. The third-order valence-electron chi connectivity index (χ3n) is 5.31. The Hall–Kier alpha value is 0. The van der Waals surface area contributed by atoms with Gasteiger partial charge in [0.25, 0.3) is 0 Å². The molecule has 0 N–H and O–H groups in total. The lowest BCUT2D eigenvalue weighted by Gasteiger charge is -2.77. The molecule has 0 aromatic rings. The molecular weight excluding hydrogens is 144 g/mol. The van der Waals surface area contributed by atoms with Crippen LogP contribution in [0.2, 0.25) is 0 Å². The van der Waals surface area contributed by atoms with E-state index in [-0.39, 0.29) is 0 Å².